The average Bonchev–Trinajstić information content (AvgIpc) is 2.68. The average molecular weight is 438 g/mol. The molecule has 0 aromatic carbocycles. The van der Waals surface area contributed by atoms with Gasteiger partial charge in [-0.2, -0.15) is 0 Å². The van der Waals surface area contributed by atoms with Crippen molar-refractivity contribution in [3.05, 3.63) is 0 Å². The van der Waals surface area contributed by atoms with E-state index in [1.165, 1.54) is 57.8 Å². The second kappa shape index (κ2) is 16.7. The summed E-state index contributed by atoms with van der Waals surface area (Å²) in [6.07, 6.45) is 12.9. The smallest absolute Gasteiger partial charge is 0.268 e. The Kier molecular flexibility index (Phi) is 15.5. The van der Waals surface area contributed by atoms with Gasteiger partial charge in [0.25, 0.3) is 7.82 Å². The quantitative estimate of drug-likeness (QED) is 0.173. The molecule has 0 aromatic rings. The van der Waals surface area contributed by atoms with E-state index in [0.29, 0.717) is 26.4 Å². The maximum atomic E-state index is 11.8. The molecular weight excluding hydrogens is 393 g/mol. The predicted molar refractivity (Wildman–Crippen MR) is 114 cm³/mol. The topological polar surface area (TPSA) is 77.1 Å². The maximum absolute atomic E-state index is 11.8. The molecule has 7 nitrogen and oxygen atoms in total. The summed E-state index contributed by atoms with van der Waals surface area (Å²) in [6.45, 7) is 7.12. The van der Waals surface area contributed by atoms with Crippen molar-refractivity contribution in [3.8, 4) is 0 Å². The molecule has 1 unspecified atom stereocenters. The van der Waals surface area contributed by atoms with Crippen LogP contribution in [-0.4, -0.2) is 70.8 Å². The van der Waals surface area contributed by atoms with Gasteiger partial charge in [0, 0.05) is 6.61 Å². The Hall–Kier alpha value is -0.0100. The van der Waals surface area contributed by atoms with E-state index in [2.05, 4.69) is 14.0 Å². The van der Waals surface area contributed by atoms with Gasteiger partial charge in [0.05, 0.1) is 33.5 Å². The molecule has 1 fully saturated rings. The van der Waals surface area contributed by atoms with Crippen LogP contribution in [0.5, 0.6) is 0 Å². The molecule has 0 N–H and O–H groups in total. The molecule has 1 aliphatic heterocycles. The van der Waals surface area contributed by atoms with Crippen LogP contribution in [0.3, 0.4) is 0 Å². The first-order valence-corrected chi connectivity index (χ1v) is 13.0. The highest BCUT2D eigenvalue weighted by Crippen LogP contribution is 2.37. The van der Waals surface area contributed by atoms with Crippen LogP contribution < -0.4 is 4.89 Å². The van der Waals surface area contributed by atoms with Crippen LogP contribution in [0, 0.1) is 0 Å². The first-order valence-electron chi connectivity index (χ1n) is 11.6. The molecule has 0 aliphatic carbocycles. The summed E-state index contributed by atoms with van der Waals surface area (Å²) < 4.78 is 33.2. The fourth-order valence-corrected chi connectivity index (χ4v) is 4.10. The molecule has 0 radical (unpaired) electrons. The van der Waals surface area contributed by atoms with E-state index in [4.69, 9.17) is 18.5 Å². The molecule has 174 valence electrons. The Morgan fingerprint density at radius 1 is 0.828 bits per heavy atom. The second-order valence-corrected chi connectivity index (χ2v) is 9.72. The number of quaternary nitrogens is 1. The summed E-state index contributed by atoms with van der Waals surface area (Å²) in [5.41, 5.74) is 0. The third-order valence-corrected chi connectivity index (χ3v) is 6.55. The van der Waals surface area contributed by atoms with Gasteiger partial charge in [-0.05, 0) is 6.42 Å². The zero-order valence-corrected chi connectivity index (χ0v) is 19.7. The molecule has 1 heterocycles. The summed E-state index contributed by atoms with van der Waals surface area (Å²) >= 11 is 0. The van der Waals surface area contributed by atoms with Crippen molar-refractivity contribution < 1.29 is 32.5 Å². The monoisotopic (exact) mass is 437 g/mol. The van der Waals surface area contributed by atoms with Crippen LogP contribution in [0.4, 0.5) is 0 Å². The Balaban J connectivity index is 1.87. The largest absolute Gasteiger partial charge is 0.756 e. The van der Waals surface area contributed by atoms with Crippen molar-refractivity contribution in [2.45, 2.75) is 71.1 Å². The van der Waals surface area contributed by atoms with Crippen LogP contribution in [0.15, 0.2) is 0 Å². The van der Waals surface area contributed by atoms with Crippen molar-refractivity contribution >= 4 is 7.82 Å². The lowest BCUT2D eigenvalue weighted by Crippen LogP contribution is -2.53. The number of hydrogen-bond donors (Lipinski definition) is 0. The van der Waals surface area contributed by atoms with Crippen molar-refractivity contribution in [1.82, 2.24) is 0 Å². The van der Waals surface area contributed by atoms with Crippen molar-refractivity contribution in [2.75, 3.05) is 66.3 Å². The summed E-state index contributed by atoms with van der Waals surface area (Å²) in [5, 5.41) is 0. The molecular formula is C21H44NO6P. The Bertz CT molecular complexity index is 431. The molecule has 8 heteroatoms. The van der Waals surface area contributed by atoms with Crippen molar-refractivity contribution in [1.29, 1.82) is 0 Å². The Morgan fingerprint density at radius 3 is 2.00 bits per heavy atom. The zero-order valence-electron chi connectivity index (χ0n) is 18.8. The third-order valence-electron chi connectivity index (χ3n) is 5.55. The lowest BCUT2D eigenvalue weighted by atomic mass is 10.1. The Labute approximate surface area is 178 Å². The lowest BCUT2D eigenvalue weighted by Gasteiger charge is -2.37. The molecule has 1 saturated heterocycles. The lowest BCUT2D eigenvalue weighted by molar-refractivity contribution is -0.916. The first kappa shape index (κ1) is 27.0. The number of ether oxygens (including phenoxy) is 2. The molecule has 0 aromatic heterocycles. The molecule has 0 bridgehead atoms. The van der Waals surface area contributed by atoms with Gasteiger partial charge in [-0.1, -0.05) is 64.7 Å². The number of unbranched alkanes of at least 4 members (excludes halogenated alkanes) is 9. The maximum Gasteiger partial charge on any atom is 0.268 e. The number of phosphoric ester groups is 1. The molecule has 1 rings (SSSR count). The third kappa shape index (κ3) is 15.4. The number of morpholine rings is 1. The molecule has 0 saturated carbocycles. The summed E-state index contributed by atoms with van der Waals surface area (Å²) in [4.78, 5) is 11.8. The van der Waals surface area contributed by atoms with Crippen molar-refractivity contribution in [2.24, 2.45) is 0 Å². The van der Waals surface area contributed by atoms with Crippen LogP contribution in [0.2, 0.25) is 0 Å². The van der Waals surface area contributed by atoms with E-state index in [1.54, 1.807) is 0 Å². The minimum absolute atomic E-state index is 0.0124. The highest BCUT2D eigenvalue weighted by Gasteiger charge is 2.25. The first-order chi connectivity index (χ1) is 14.0. The number of phosphoric acid groups is 1. The van der Waals surface area contributed by atoms with Gasteiger partial charge in [0.15, 0.2) is 0 Å². The van der Waals surface area contributed by atoms with Crippen molar-refractivity contribution in [3.63, 3.8) is 0 Å². The highest BCUT2D eigenvalue weighted by molar-refractivity contribution is 7.45. The minimum Gasteiger partial charge on any atom is -0.756 e. The summed E-state index contributed by atoms with van der Waals surface area (Å²) in [6, 6.07) is 0. The van der Waals surface area contributed by atoms with Gasteiger partial charge in [-0.3, -0.25) is 4.57 Å². The highest BCUT2D eigenvalue weighted by atomic mass is 31.2. The fraction of sp³-hybridized carbons (Fsp3) is 1.00. The Morgan fingerprint density at radius 2 is 1.38 bits per heavy atom. The number of rotatable bonds is 19. The second-order valence-electron chi connectivity index (χ2n) is 8.31. The fourth-order valence-electron chi connectivity index (χ4n) is 3.42. The van der Waals surface area contributed by atoms with E-state index in [9.17, 15) is 9.46 Å². The van der Waals surface area contributed by atoms with Gasteiger partial charge < -0.3 is 27.9 Å². The van der Waals surface area contributed by atoms with E-state index in [1.807, 2.05) is 0 Å². The van der Waals surface area contributed by atoms with Gasteiger partial charge in [0.2, 0.25) is 0 Å². The number of nitrogens with zero attached hydrogens (tertiary/aromatic N) is 1. The van der Waals surface area contributed by atoms with E-state index in [-0.39, 0.29) is 19.8 Å². The summed E-state index contributed by atoms with van der Waals surface area (Å²) in [7, 11) is -2.16. The van der Waals surface area contributed by atoms with Gasteiger partial charge in [-0.25, -0.2) is 0 Å². The van der Waals surface area contributed by atoms with E-state index in [0.717, 1.165) is 24.0 Å². The zero-order chi connectivity index (χ0) is 21.3. The predicted octanol–water partition coefficient (Wildman–Crippen LogP) is 3.90. The molecule has 1 atom stereocenters. The molecule has 0 amide bonds. The molecule has 1 aliphatic rings. The van der Waals surface area contributed by atoms with Crippen LogP contribution in [0.25, 0.3) is 0 Å². The van der Waals surface area contributed by atoms with E-state index < -0.39 is 7.82 Å². The van der Waals surface area contributed by atoms with Gasteiger partial charge in [-0.15, -0.1) is 0 Å². The van der Waals surface area contributed by atoms with Gasteiger partial charge >= 0.3 is 0 Å². The number of likely N-dealkylation sites (N-methyl/N-ethyl adjacent to an activating group) is 1. The molecule has 29 heavy (non-hydrogen) atoms. The SMILES string of the molecule is CCCCCCCCCCCCOCCOP(=O)([O-])OCC[N+]1(C)CCOCC1. The normalized spacial score (nSPS) is 18.6. The van der Waals surface area contributed by atoms with Gasteiger partial charge in [0.1, 0.15) is 26.2 Å². The van der Waals surface area contributed by atoms with Crippen LogP contribution in [-0.2, 0) is 23.1 Å². The van der Waals surface area contributed by atoms with Crippen LogP contribution >= 0.6 is 7.82 Å². The van der Waals surface area contributed by atoms with Crippen LogP contribution in [0.1, 0.15) is 71.1 Å². The molecule has 0 spiro atoms. The van der Waals surface area contributed by atoms with E-state index >= 15 is 0 Å². The standard InChI is InChI=1S/C21H44NO6P/c1-3-4-5-6-7-8-9-10-11-12-16-25-20-21-28-29(23,24)27-19-15-22(2)13-17-26-18-14-22/h3-21H2,1-2H3. The minimum atomic E-state index is -4.25. The summed E-state index contributed by atoms with van der Waals surface area (Å²) in [5.74, 6) is 0. The number of hydrogen-bond acceptors (Lipinski definition) is 6.